The van der Waals surface area contributed by atoms with Gasteiger partial charge in [-0.2, -0.15) is 0 Å². The highest BCUT2D eigenvalue weighted by Gasteiger charge is 2.46. The summed E-state index contributed by atoms with van der Waals surface area (Å²) in [6.45, 7) is 7.51. The minimum atomic E-state index is -1.18. The van der Waals surface area contributed by atoms with Crippen LogP contribution >= 0.6 is 0 Å². The summed E-state index contributed by atoms with van der Waals surface area (Å²) in [7, 11) is 1.78. The van der Waals surface area contributed by atoms with E-state index in [1.165, 1.54) is 17.7 Å². The molecule has 0 aromatic rings. The van der Waals surface area contributed by atoms with Gasteiger partial charge in [-0.25, -0.2) is 9.59 Å². The summed E-state index contributed by atoms with van der Waals surface area (Å²) in [6, 6.07) is -0.321. The van der Waals surface area contributed by atoms with E-state index in [0.717, 1.165) is 32.0 Å². The number of likely N-dealkylation sites (tertiary alicyclic amines) is 2. The molecule has 8 heteroatoms. The van der Waals surface area contributed by atoms with E-state index >= 15 is 0 Å². The molecular formula is C21H35N3O5. The molecule has 1 saturated carbocycles. The van der Waals surface area contributed by atoms with Gasteiger partial charge in [-0.15, -0.1) is 0 Å². The minimum Gasteiger partial charge on any atom is -0.480 e. The van der Waals surface area contributed by atoms with Crippen LogP contribution in [0.3, 0.4) is 0 Å². The van der Waals surface area contributed by atoms with E-state index in [0.29, 0.717) is 19.4 Å². The van der Waals surface area contributed by atoms with Gasteiger partial charge >= 0.3 is 12.1 Å². The maximum Gasteiger partial charge on any atom is 0.411 e. The zero-order valence-electron chi connectivity index (χ0n) is 18.1. The van der Waals surface area contributed by atoms with Crippen molar-refractivity contribution < 1.29 is 24.2 Å². The molecule has 2 heterocycles. The zero-order chi connectivity index (χ0) is 21.3. The van der Waals surface area contributed by atoms with Crippen LogP contribution in [0, 0.1) is 5.92 Å². The molecule has 8 nitrogen and oxygen atoms in total. The topological polar surface area (TPSA) is 90.4 Å². The number of carbonyl (C=O) groups is 3. The van der Waals surface area contributed by atoms with Gasteiger partial charge in [0.05, 0.1) is 5.92 Å². The maximum absolute atomic E-state index is 13.3. The first-order valence-electron chi connectivity index (χ1n) is 10.8. The molecule has 1 N–H and O–H groups in total. The predicted molar refractivity (Wildman–Crippen MR) is 107 cm³/mol. The molecule has 0 radical (unpaired) electrons. The highest BCUT2D eigenvalue weighted by molar-refractivity contribution is 5.89. The molecule has 0 aromatic carbocycles. The SMILES string of the molecule is CN(C(=O)[C@H]1CCCN(C(=O)OC(C)(C)C)[C@H]1C(=O)O)C1CCN(C2CC2)CC1. The molecule has 2 amide bonds. The van der Waals surface area contributed by atoms with Gasteiger partial charge in [0.15, 0.2) is 0 Å². The van der Waals surface area contributed by atoms with Gasteiger partial charge in [0.1, 0.15) is 11.6 Å². The molecule has 2 aliphatic heterocycles. The number of piperidine rings is 2. The standard InChI is InChI=1S/C21H35N3O5/c1-21(2,3)29-20(28)24-11-5-6-16(17(24)19(26)27)18(25)22(4)14-9-12-23(13-10-14)15-7-8-15/h14-17H,5-13H2,1-4H3,(H,26,27)/t16-,17+/m0/s1. The number of nitrogens with zero attached hydrogens (tertiary/aromatic N) is 3. The third kappa shape index (κ3) is 5.21. The van der Waals surface area contributed by atoms with Crippen molar-refractivity contribution in [2.24, 2.45) is 5.92 Å². The summed E-state index contributed by atoms with van der Waals surface area (Å²) >= 11 is 0. The molecule has 1 aliphatic carbocycles. The molecule has 0 aromatic heterocycles. The lowest BCUT2D eigenvalue weighted by Gasteiger charge is -2.42. The van der Waals surface area contributed by atoms with Crippen LogP contribution in [-0.4, -0.2) is 88.2 Å². The monoisotopic (exact) mass is 409 g/mol. The number of amides is 2. The first-order chi connectivity index (χ1) is 13.6. The Morgan fingerprint density at radius 1 is 1.00 bits per heavy atom. The quantitative estimate of drug-likeness (QED) is 0.765. The average molecular weight is 410 g/mol. The molecule has 2 saturated heterocycles. The summed E-state index contributed by atoms with van der Waals surface area (Å²) in [5, 5.41) is 9.84. The number of hydrogen-bond acceptors (Lipinski definition) is 5. The Morgan fingerprint density at radius 3 is 2.14 bits per heavy atom. The van der Waals surface area contributed by atoms with Crippen molar-refractivity contribution in [3.8, 4) is 0 Å². The molecule has 0 unspecified atom stereocenters. The van der Waals surface area contributed by atoms with Gasteiger partial charge < -0.3 is 19.6 Å². The number of carboxylic acid groups (broad SMARTS) is 1. The molecule has 3 rings (SSSR count). The lowest BCUT2D eigenvalue weighted by molar-refractivity contribution is -0.155. The molecule has 0 spiro atoms. The van der Waals surface area contributed by atoms with Gasteiger partial charge in [-0.3, -0.25) is 9.69 Å². The van der Waals surface area contributed by atoms with Crippen LogP contribution in [0.4, 0.5) is 4.79 Å². The van der Waals surface area contributed by atoms with E-state index in [1.54, 1.807) is 32.7 Å². The predicted octanol–water partition coefficient (Wildman–Crippen LogP) is 2.17. The summed E-state index contributed by atoms with van der Waals surface area (Å²) in [4.78, 5) is 43.4. The van der Waals surface area contributed by atoms with Crippen LogP contribution in [0.1, 0.15) is 59.3 Å². The summed E-state index contributed by atoms with van der Waals surface area (Å²) in [5.74, 6) is -2.05. The second kappa shape index (κ2) is 8.50. The largest absolute Gasteiger partial charge is 0.480 e. The van der Waals surface area contributed by atoms with Crippen LogP contribution < -0.4 is 0 Å². The first-order valence-corrected chi connectivity index (χ1v) is 10.8. The number of aliphatic carboxylic acids is 1. The Morgan fingerprint density at radius 2 is 1.62 bits per heavy atom. The lowest BCUT2D eigenvalue weighted by Crippen LogP contribution is -2.58. The summed E-state index contributed by atoms with van der Waals surface area (Å²) < 4.78 is 5.40. The van der Waals surface area contributed by atoms with Gasteiger partial charge in [0, 0.05) is 38.8 Å². The Balaban J connectivity index is 1.67. The Labute approximate surface area is 173 Å². The van der Waals surface area contributed by atoms with E-state index in [4.69, 9.17) is 4.74 Å². The van der Waals surface area contributed by atoms with Crippen molar-refractivity contribution in [1.82, 2.24) is 14.7 Å². The van der Waals surface area contributed by atoms with Gasteiger partial charge in [0.2, 0.25) is 5.91 Å². The third-order valence-corrected chi connectivity index (χ3v) is 6.29. The normalized spacial score (nSPS) is 26.8. The molecule has 3 aliphatic rings. The average Bonchev–Trinajstić information content (AvgIpc) is 3.50. The molecule has 0 bridgehead atoms. The first kappa shape index (κ1) is 21.9. The fourth-order valence-electron chi connectivity index (χ4n) is 4.60. The van der Waals surface area contributed by atoms with Crippen molar-refractivity contribution >= 4 is 18.0 Å². The zero-order valence-corrected chi connectivity index (χ0v) is 18.1. The molecular weight excluding hydrogens is 374 g/mol. The lowest BCUT2D eigenvalue weighted by atomic mass is 9.87. The Kier molecular flexibility index (Phi) is 6.41. The van der Waals surface area contributed by atoms with Gasteiger partial charge in [-0.05, 0) is 59.3 Å². The number of carbonyl (C=O) groups excluding carboxylic acids is 2. The Hall–Kier alpha value is -1.83. The number of rotatable bonds is 4. The number of hydrogen-bond donors (Lipinski definition) is 1. The third-order valence-electron chi connectivity index (χ3n) is 6.29. The molecule has 164 valence electrons. The summed E-state index contributed by atoms with van der Waals surface area (Å²) in [6.07, 6.45) is 4.79. The number of carboxylic acids is 1. The van der Waals surface area contributed by atoms with Crippen LogP contribution in [0.15, 0.2) is 0 Å². The van der Waals surface area contributed by atoms with Crippen LogP contribution in [0.25, 0.3) is 0 Å². The second-order valence-electron chi connectivity index (χ2n) is 9.65. The number of ether oxygens (including phenoxy) is 1. The van der Waals surface area contributed by atoms with Crippen molar-refractivity contribution in [3.05, 3.63) is 0 Å². The highest BCUT2D eigenvalue weighted by Crippen LogP contribution is 2.32. The van der Waals surface area contributed by atoms with Crippen LogP contribution in [0.5, 0.6) is 0 Å². The van der Waals surface area contributed by atoms with Crippen molar-refractivity contribution in [2.75, 3.05) is 26.7 Å². The van der Waals surface area contributed by atoms with Crippen molar-refractivity contribution in [2.45, 2.75) is 83.0 Å². The molecule has 2 atom stereocenters. The van der Waals surface area contributed by atoms with Gasteiger partial charge in [0.25, 0.3) is 0 Å². The van der Waals surface area contributed by atoms with Crippen LogP contribution in [-0.2, 0) is 14.3 Å². The highest BCUT2D eigenvalue weighted by atomic mass is 16.6. The minimum absolute atomic E-state index is 0.129. The molecule has 29 heavy (non-hydrogen) atoms. The fourth-order valence-corrected chi connectivity index (χ4v) is 4.60. The van der Waals surface area contributed by atoms with E-state index in [1.807, 2.05) is 0 Å². The smallest absolute Gasteiger partial charge is 0.411 e. The second-order valence-corrected chi connectivity index (χ2v) is 9.65. The fraction of sp³-hybridized carbons (Fsp3) is 0.857. The van der Waals surface area contributed by atoms with E-state index in [-0.39, 0.29) is 11.9 Å². The Bertz CT molecular complexity index is 635. The van der Waals surface area contributed by atoms with Crippen molar-refractivity contribution in [3.63, 3.8) is 0 Å². The maximum atomic E-state index is 13.3. The van der Waals surface area contributed by atoms with E-state index in [9.17, 15) is 19.5 Å². The summed E-state index contributed by atoms with van der Waals surface area (Å²) in [5.41, 5.74) is -0.719. The molecule has 3 fully saturated rings. The van der Waals surface area contributed by atoms with Crippen LogP contribution in [0.2, 0.25) is 0 Å². The van der Waals surface area contributed by atoms with E-state index in [2.05, 4.69) is 4.90 Å². The van der Waals surface area contributed by atoms with Gasteiger partial charge in [-0.1, -0.05) is 0 Å². The van der Waals surface area contributed by atoms with E-state index < -0.39 is 29.6 Å². The van der Waals surface area contributed by atoms with Crippen molar-refractivity contribution in [1.29, 1.82) is 0 Å².